The van der Waals surface area contributed by atoms with Gasteiger partial charge in [-0.2, -0.15) is 0 Å². The summed E-state index contributed by atoms with van der Waals surface area (Å²) in [4.78, 5) is 64.8. The summed E-state index contributed by atoms with van der Waals surface area (Å²) in [5, 5.41) is 13.2. The number of carbonyl (C=O) groups is 5. The van der Waals surface area contributed by atoms with E-state index in [1.54, 1.807) is 13.0 Å². The van der Waals surface area contributed by atoms with Gasteiger partial charge in [0.15, 0.2) is 6.10 Å². The van der Waals surface area contributed by atoms with Gasteiger partial charge in [0.2, 0.25) is 0 Å². The largest absolute Gasteiger partial charge is 0.462 e. The molecule has 1 heterocycles. The highest BCUT2D eigenvalue weighted by Gasteiger charge is 2.76. The van der Waals surface area contributed by atoms with Crippen LogP contribution in [0.4, 0.5) is 0 Å². The molecule has 11 nitrogen and oxygen atoms in total. The standard InChI is InChI=1S/C42H56O11/c1-11-30-14-12-13-15-31(30)23(2)21-42(48)24(3)20-34(51-27(6)44)40(10)33(42)18-19-39(9)32-16-17-35(47)49-22-41(32,25(4)50-26(5)43)38(53-29(8)46)36(37(39)40)52-28(7)45/h12-17,20,23,25,32-34,36-38,48H,11,18-19,21-22H2,1-10H3/t23-,25?,32-,33?,34+,36-,37?,38-,39-,40+,41+,42-/m0/s1. The van der Waals surface area contributed by atoms with Crippen LogP contribution in [0, 0.1) is 34.0 Å². The Balaban J connectivity index is 1.80. The third-order valence-electron chi connectivity index (χ3n) is 13.3. The first-order chi connectivity index (χ1) is 24.8. The molecule has 0 radical (unpaired) electrons. The fourth-order valence-corrected chi connectivity index (χ4v) is 11.3. The van der Waals surface area contributed by atoms with Gasteiger partial charge >= 0.3 is 29.8 Å². The number of esters is 5. The third-order valence-corrected chi connectivity index (χ3v) is 13.3. The van der Waals surface area contributed by atoms with Gasteiger partial charge in [-0.05, 0) is 79.6 Å². The molecule has 0 aromatic heterocycles. The van der Waals surface area contributed by atoms with Crippen molar-refractivity contribution >= 4 is 29.8 Å². The molecule has 2 saturated carbocycles. The molecule has 3 aliphatic carbocycles. The van der Waals surface area contributed by atoms with E-state index in [1.807, 2.05) is 39.0 Å². The van der Waals surface area contributed by atoms with Crippen molar-refractivity contribution in [3.05, 3.63) is 59.2 Å². The van der Waals surface area contributed by atoms with E-state index in [2.05, 4.69) is 26.0 Å². The Morgan fingerprint density at radius 3 is 2.21 bits per heavy atom. The van der Waals surface area contributed by atoms with Crippen molar-refractivity contribution in [2.45, 2.75) is 131 Å². The molecule has 12 atom stereocenters. The first-order valence-electron chi connectivity index (χ1n) is 18.8. The lowest BCUT2D eigenvalue weighted by molar-refractivity contribution is -0.303. The van der Waals surface area contributed by atoms with Crippen molar-refractivity contribution in [3.63, 3.8) is 0 Å². The first kappa shape index (κ1) is 40.2. The van der Waals surface area contributed by atoms with Crippen LogP contribution in [0.3, 0.4) is 0 Å². The summed E-state index contributed by atoms with van der Waals surface area (Å²) in [5.74, 6) is -5.04. The highest BCUT2D eigenvalue weighted by Crippen LogP contribution is 2.72. The van der Waals surface area contributed by atoms with E-state index in [-0.39, 0.29) is 12.5 Å². The normalized spacial score (nSPS) is 37.2. The van der Waals surface area contributed by atoms with Crippen LogP contribution in [0.1, 0.15) is 106 Å². The van der Waals surface area contributed by atoms with E-state index >= 15 is 0 Å². The maximum Gasteiger partial charge on any atom is 0.330 e. The molecular weight excluding hydrogens is 680 g/mol. The summed E-state index contributed by atoms with van der Waals surface area (Å²) in [6, 6.07) is 8.22. The zero-order valence-corrected chi connectivity index (χ0v) is 32.7. The third kappa shape index (κ3) is 6.72. The Morgan fingerprint density at radius 2 is 1.60 bits per heavy atom. The van der Waals surface area contributed by atoms with Gasteiger partial charge in [-0.25, -0.2) is 4.79 Å². The molecular formula is C42H56O11. The molecule has 290 valence electrons. The molecule has 11 heteroatoms. The van der Waals surface area contributed by atoms with Gasteiger partial charge < -0.3 is 28.8 Å². The van der Waals surface area contributed by atoms with Gasteiger partial charge in [-0.3, -0.25) is 19.2 Å². The van der Waals surface area contributed by atoms with E-state index in [4.69, 9.17) is 23.7 Å². The first-order valence-corrected chi connectivity index (χ1v) is 18.8. The Bertz CT molecular complexity index is 1700. The molecule has 2 fully saturated rings. The lowest BCUT2D eigenvalue weighted by Gasteiger charge is -2.71. The topological polar surface area (TPSA) is 152 Å². The van der Waals surface area contributed by atoms with Crippen LogP contribution < -0.4 is 0 Å². The molecule has 0 bridgehead atoms. The second-order valence-corrected chi connectivity index (χ2v) is 16.3. The van der Waals surface area contributed by atoms with Crippen molar-refractivity contribution in [2.24, 2.45) is 34.0 Å². The quantitative estimate of drug-likeness (QED) is 0.182. The zero-order chi connectivity index (χ0) is 39.3. The Labute approximate surface area is 312 Å². The average Bonchev–Trinajstić information content (AvgIpc) is 3.24. The van der Waals surface area contributed by atoms with Crippen molar-refractivity contribution < 1.29 is 52.8 Å². The number of aryl methyl sites for hydroxylation is 1. The number of cyclic esters (lactones) is 1. The summed E-state index contributed by atoms with van der Waals surface area (Å²) in [7, 11) is 0. The molecule has 1 aromatic rings. The fourth-order valence-electron chi connectivity index (χ4n) is 11.3. The second kappa shape index (κ2) is 14.7. The van der Waals surface area contributed by atoms with Crippen LogP contribution in [-0.2, 0) is 54.1 Å². The highest BCUT2D eigenvalue weighted by molar-refractivity contribution is 5.82. The predicted octanol–water partition coefficient (Wildman–Crippen LogP) is 5.95. The van der Waals surface area contributed by atoms with Gasteiger partial charge in [0.25, 0.3) is 0 Å². The minimum absolute atomic E-state index is 0.0584. The number of carbonyl (C=O) groups excluding carboxylic acids is 5. The van der Waals surface area contributed by atoms with Crippen LogP contribution in [0.2, 0.25) is 0 Å². The minimum Gasteiger partial charge on any atom is -0.462 e. The molecule has 1 aliphatic heterocycles. The predicted molar refractivity (Wildman–Crippen MR) is 194 cm³/mol. The van der Waals surface area contributed by atoms with E-state index in [1.165, 1.54) is 39.3 Å². The molecule has 0 amide bonds. The van der Waals surface area contributed by atoms with Gasteiger partial charge in [0.1, 0.15) is 24.9 Å². The molecule has 0 spiro atoms. The molecule has 53 heavy (non-hydrogen) atoms. The second-order valence-electron chi connectivity index (χ2n) is 16.3. The van der Waals surface area contributed by atoms with Gasteiger partial charge in [0, 0.05) is 51.0 Å². The van der Waals surface area contributed by atoms with E-state index in [0.717, 1.165) is 12.0 Å². The number of hydrogen-bond acceptors (Lipinski definition) is 11. The minimum atomic E-state index is -1.40. The number of allylic oxidation sites excluding steroid dienone is 1. The fraction of sp³-hybridized carbons (Fsp3) is 0.643. The Morgan fingerprint density at radius 1 is 0.962 bits per heavy atom. The summed E-state index contributed by atoms with van der Waals surface area (Å²) < 4.78 is 30.3. The summed E-state index contributed by atoms with van der Waals surface area (Å²) in [6.45, 7) is 16.6. The zero-order valence-electron chi connectivity index (χ0n) is 32.7. The summed E-state index contributed by atoms with van der Waals surface area (Å²) in [6.07, 6.45) is 2.68. The molecule has 1 aromatic carbocycles. The van der Waals surface area contributed by atoms with Crippen LogP contribution in [0.15, 0.2) is 48.1 Å². The Hall–Kier alpha value is -3.99. The molecule has 5 rings (SSSR count). The average molecular weight is 737 g/mol. The monoisotopic (exact) mass is 736 g/mol. The van der Waals surface area contributed by atoms with E-state index < -0.39 is 93.9 Å². The van der Waals surface area contributed by atoms with Gasteiger partial charge in [0.05, 0.1) is 11.0 Å². The van der Waals surface area contributed by atoms with E-state index in [0.29, 0.717) is 24.8 Å². The number of hydrogen-bond donors (Lipinski definition) is 1. The van der Waals surface area contributed by atoms with Crippen LogP contribution in [0.5, 0.6) is 0 Å². The van der Waals surface area contributed by atoms with Crippen molar-refractivity contribution in [3.8, 4) is 0 Å². The number of aliphatic hydroxyl groups is 1. The number of fused-ring (bicyclic) bond motifs is 5. The maximum atomic E-state index is 13.2. The molecule has 1 N–H and O–H groups in total. The SMILES string of the molecule is CCc1ccccc1[C@@H](C)C[C@]1(O)C(C)=C[C@@H](OC(C)=O)[C@@]2(C)C1CC[C@]1(C)C2[C@H](OC(C)=O)[C@H](OC(C)=O)[C@@]2(C(C)OC(C)=O)COC(=O)C=C[C@H]21. The number of ether oxygens (including phenoxy) is 5. The van der Waals surface area contributed by atoms with Crippen molar-refractivity contribution in [2.75, 3.05) is 6.61 Å². The maximum absolute atomic E-state index is 13.2. The lowest BCUT2D eigenvalue weighted by Crippen LogP contribution is -2.76. The molecule has 3 unspecified atom stereocenters. The number of benzene rings is 1. The van der Waals surface area contributed by atoms with Gasteiger partial charge in [-0.15, -0.1) is 0 Å². The van der Waals surface area contributed by atoms with Crippen molar-refractivity contribution in [1.29, 1.82) is 0 Å². The van der Waals surface area contributed by atoms with Crippen LogP contribution in [-0.4, -0.2) is 71.6 Å². The van der Waals surface area contributed by atoms with Crippen molar-refractivity contribution in [1.82, 2.24) is 0 Å². The van der Waals surface area contributed by atoms with E-state index in [9.17, 15) is 29.1 Å². The Kier molecular flexibility index (Phi) is 11.1. The molecule has 0 saturated heterocycles. The van der Waals surface area contributed by atoms with Gasteiger partial charge in [-0.1, -0.05) is 58.0 Å². The van der Waals surface area contributed by atoms with Crippen LogP contribution in [0.25, 0.3) is 0 Å². The smallest absolute Gasteiger partial charge is 0.330 e. The lowest BCUT2D eigenvalue weighted by atomic mass is 9.35. The summed E-state index contributed by atoms with van der Waals surface area (Å²) in [5.41, 5.74) is -1.79. The highest BCUT2D eigenvalue weighted by atomic mass is 16.6. The van der Waals surface area contributed by atoms with Crippen LogP contribution >= 0.6 is 0 Å². The summed E-state index contributed by atoms with van der Waals surface area (Å²) >= 11 is 0. The molecule has 4 aliphatic rings. The number of rotatable bonds is 9.